The summed E-state index contributed by atoms with van der Waals surface area (Å²) in [7, 11) is -3.35. The van der Waals surface area contributed by atoms with E-state index in [0.717, 1.165) is 53.2 Å². The third-order valence-corrected chi connectivity index (χ3v) is 34.6. The molecule has 6 rings (SSSR count). The second-order valence-electron chi connectivity index (χ2n) is 21.1. The molecule has 0 saturated heterocycles. The molecule has 2 nitrogen and oxygen atoms in total. The van der Waals surface area contributed by atoms with Crippen LogP contribution in [-0.4, -0.2) is 26.4 Å². The Labute approximate surface area is 438 Å². The Hall–Kier alpha value is -2.13. The van der Waals surface area contributed by atoms with Crippen LogP contribution >= 0.6 is 68.9 Å². The molecule has 0 atom stereocenters. The Morgan fingerprint density at radius 1 is 0.456 bits per heavy atom. The average Bonchev–Trinajstić information content (AvgIpc) is 4.13. The molecule has 68 heavy (non-hydrogen) atoms. The zero-order valence-electron chi connectivity index (χ0n) is 43.7. The van der Waals surface area contributed by atoms with Crippen molar-refractivity contribution in [3.63, 3.8) is 0 Å². The van der Waals surface area contributed by atoms with Crippen LogP contribution in [0.5, 0.6) is 0 Å². The van der Waals surface area contributed by atoms with Crippen LogP contribution in [0.4, 0.5) is 0 Å². The number of rotatable bonds is 22. The maximum Gasteiger partial charge on any atom is 0.225 e. The van der Waals surface area contributed by atoms with Crippen LogP contribution in [0.2, 0.25) is 33.2 Å². The van der Waals surface area contributed by atoms with E-state index in [2.05, 4.69) is 149 Å². The number of aryl methyl sites for hydroxylation is 3. The molecule has 2 aliphatic rings. The largest absolute Gasteiger partial charge is 0.281 e. The monoisotopic (exact) mass is 1050 g/mol. The molecule has 0 aliphatic carbocycles. The van der Waals surface area contributed by atoms with E-state index < -0.39 is 16.1 Å². The number of thiophene rings is 4. The molecule has 366 valence electrons. The summed E-state index contributed by atoms with van der Waals surface area (Å²) < 4.78 is 0. The van der Waals surface area contributed by atoms with Crippen molar-refractivity contribution >= 4 is 100 Å². The fourth-order valence-electron chi connectivity index (χ4n) is 11.4. The standard InChI is InChI=1S/C58H78O2S6Si2/c1-37(2)67(38(3)4,39(5)6)33-25-21-17-15-19-23-27-45-35-50(64-54(45)47-30-29-43(13)61-47)51-36-46(28-24-20-16-18-22-26-34-68(40(7)8,41(9)10)42(11)12)55(65-51)48-31-32-49(63-48)56-53-52(57(59)66-56)44(14)62-58(53)60/h29-32,35-42H,15-24,27-28H2,1-14H3. The number of carbonyl (C=O) groups is 2. The van der Waals surface area contributed by atoms with Gasteiger partial charge in [0.25, 0.3) is 0 Å². The summed E-state index contributed by atoms with van der Waals surface area (Å²) in [6.45, 7) is 33.0. The number of hydrogen-bond donors (Lipinski definition) is 0. The molecule has 10 heteroatoms. The van der Waals surface area contributed by atoms with Crippen LogP contribution in [0.15, 0.2) is 52.4 Å². The molecular formula is C58H78O2S6Si2. The van der Waals surface area contributed by atoms with Crippen LogP contribution in [0, 0.1) is 29.9 Å². The van der Waals surface area contributed by atoms with E-state index in [1.807, 2.05) is 40.9 Å². The maximum absolute atomic E-state index is 13.1. The molecule has 0 N–H and O–H groups in total. The Balaban J connectivity index is 1.20. The summed E-state index contributed by atoms with van der Waals surface area (Å²) in [4.78, 5) is 38.3. The van der Waals surface area contributed by atoms with Crippen molar-refractivity contribution in [2.75, 3.05) is 0 Å². The molecule has 4 aromatic heterocycles. The van der Waals surface area contributed by atoms with Crippen molar-refractivity contribution in [1.29, 1.82) is 0 Å². The first kappa shape index (κ1) is 55.2. The Kier molecular flexibility index (Phi) is 19.9. The van der Waals surface area contributed by atoms with E-state index in [9.17, 15) is 9.59 Å². The van der Waals surface area contributed by atoms with Gasteiger partial charge in [0.05, 0.1) is 11.1 Å². The van der Waals surface area contributed by atoms with E-state index in [0.29, 0.717) is 44.4 Å². The first-order chi connectivity index (χ1) is 32.3. The van der Waals surface area contributed by atoms with Gasteiger partial charge in [-0.25, -0.2) is 0 Å². The van der Waals surface area contributed by atoms with Gasteiger partial charge in [0.15, 0.2) is 0 Å². The van der Waals surface area contributed by atoms with Gasteiger partial charge in [-0.15, -0.1) is 68.3 Å². The zero-order chi connectivity index (χ0) is 49.5. The summed E-state index contributed by atoms with van der Waals surface area (Å²) in [5.74, 6) is 7.40. The van der Waals surface area contributed by atoms with E-state index in [-0.39, 0.29) is 10.2 Å². The molecule has 0 saturated carbocycles. The molecule has 0 radical (unpaired) electrons. The molecule has 0 bridgehead atoms. The van der Waals surface area contributed by atoms with Crippen LogP contribution in [0.25, 0.3) is 34.2 Å². The molecule has 0 amide bonds. The fourth-order valence-corrected chi connectivity index (χ4v) is 28.9. The molecule has 4 aromatic rings. The lowest BCUT2D eigenvalue weighted by molar-refractivity contribution is -0.109. The fraction of sp³-hybridized carbons (Fsp3) is 0.552. The van der Waals surface area contributed by atoms with Gasteiger partial charge in [-0.2, -0.15) is 0 Å². The summed E-state index contributed by atoms with van der Waals surface area (Å²) in [6.07, 6.45) is 13.7. The summed E-state index contributed by atoms with van der Waals surface area (Å²) >= 11 is 9.99. The highest BCUT2D eigenvalue weighted by Gasteiger charge is 2.43. The van der Waals surface area contributed by atoms with Crippen molar-refractivity contribution < 1.29 is 9.59 Å². The lowest BCUT2D eigenvalue weighted by Crippen LogP contribution is -2.43. The zero-order valence-corrected chi connectivity index (χ0v) is 50.6. The molecule has 0 fully saturated rings. The topological polar surface area (TPSA) is 34.1 Å². The minimum Gasteiger partial charge on any atom is -0.281 e. The van der Waals surface area contributed by atoms with Crippen molar-refractivity contribution in [3.8, 4) is 52.2 Å². The van der Waals surface area contributed by atoms with Gasteiger partial charge in [-0.1, -0.05) is 121 Å². The number of thioether (sulfide) groups is 2. The van der Waals surface area contributed by atoms with Gasteiger partial charge >= 0.3 is 0 Å². The molecular weight excluding hydrogens is 977 g/mol. The van der Waals surface area contributed by atoms with Crippen molar-refractivity contribution in [3.05, 3.63) is 73.3 Å². The third-order valence-electron chi connectivity index (χ3n) is 14.9. The van der Waals surface area contributed by atoms with Gasteiger partial charge < -0.3 is 0 Å². The Morgan fingerprint density at radius 3 is 1.31 bits per heavy atom. The smallest absolute Gasteiger partial charge is 0.225 e. The number of carbonyl (C=O) groups excluding carboxylic acids is 2. The Bertz CT molecular complexity index is 2550. The Morgan fingerprint density at radius 2 is 0.868 bits per heavy atom. The van der Waals surface area contributed by atoms with Crippen LogP contribution < -0.4 is 0 Å². The van der Waals surface area contributed by atoms with Crippen molar-refractivity contribution in [2.45, 2.75) is 207 Å². The van der Waals surface area contributed by atoms with E-state index in [1.54, 1.807) is 11.3 Å². The summed E-state index contributed by atoms with van der Waals surface area (Å²) in [5.41, 5.74) is 16.1. The van der Waals surface area contributed by atoms with Crippen LogP contribution in [0.1, 0.15) is 175 Å². The lowest BCUT2D eigenvalue weighted by Gasteiger charge is -2.38. The third kappa shape index (κ3) is 12.2. The quantitative estimate of drug-likeness (QED) is 0.0446. The molecule has 2 aliphatic heterocycles. The van der Waals surface area contributed by atoms with E-state index in [1.165, 1.54) is 107 Å². The molecule has 6 heterocycles. The van der Waals surface area contributed by atoms with Crippen LogP contribution in [0.3, 0.4) is 0 Å². The summed E-state index contributed by atoms with van der Waals surface area (Å²) in [6, 6.07) is 14.0. The second-order valence-corrected chi connectivity index (χ2v) is 39.0. The minimum atomic E-state index is -1.68. The second kappa shape index (κ2) is 24.5. The average molecular weight is 1060 g/mol. The SMILES string of the molecule is CC1=C2C(=O)SC(c3ccc(-c4sc(-c5cc(CCCCCCC#C[Si](C(C)C)(C(C)C)C(C)C)c(-c6ccc(C)s6)s5)cc4CCCCCCC#C[Si](C(C)C)(C(C)C)C(C)C)s3)=C2C(=O)S1. The van der Waals surface area contributed by atoms with Crippen molar-refractivity contribution in [2.24, 2.45) is 0 Å². The van der Waals surface area contributed by atoms with E-state index in [4.69, 9.17) is 0 Å². The van der Waals surface area contributed by atoms with Gasteiger partial charge in [0.1, 0.15) is 16.1 Å². The molecule has 0 aromatic carbocycles. The number of hydrogen-bond acceptors (Lipinski definition) is 8. The lowest BCUT2D eigenvalue weighted by atomic mass is 10.0. The minimum absolute atomic E-state index is 0.00410. The summed E-state index contributed by atoms with van der Waals surface area (Å²) in [5, 5.41) is 0.00821. The number of fused-ring (bicyclic) bond motifs is 1. The van der Waals surface area contributed by atoms with Gasteiger partial charge in [0, 0.05) is 61.7 Å². The van der Waals surface area contributed by atoms with E-state index >= 15 is 0 Å². The highest BCUT2D eigenvalue weighted by molar-refractivity contribution is 8.24. The molecule has 0 spiro atoms. The number of allylic oxidation sites excluding steroid dienone is 1. The first-order valence-electron chi connectivity index (χ1n) is 25.7. The number of unbranched alkanes of at least 4 members (excludes halogenated alkanes) is 8. The molecule has 0 unspecified atom stereocenters. The highest BCUT2D eigenvalue weighted by atomic mass is 32.2. The predicted octanol–water partition coefficient (Wildman–Crippen LogP) is 20.2. The maximum atomic E-state index is 13.1. The predicted molar refractivity (Wildman–Crippen MR) is 315 cm³/mol. The van der Waals surface area contributed by atoms with Gasteiger partial charge in [-0.3, -0.25) is 9.59 Å². The first-order valence-corrected chi connectivity index (χ1v) is 35.0. The van der Waals surface area contributed by atoms with Gasteiger partial charge in [0.2, 0.25) is 10.2 Å². The highest BCUT2D eigenvalue weighted by Crippen LogP contribution is 2.55. The normalized spacial score (nSPS) is 14.5. The van der Waals surface area contributed by atoms with Crippen molar-refractivity contribution in [1.82, 2.24) is 0 Å². The van der Waals surface area contributed by atoms with Gasteiger partial charge in [-0.05, 0) is 145 Å². The van der Waals surface area contributed by atoms with Crippen LogP contribution in [-0.2, 0) is 22.4 Å².